The molecule has 0 saturated carbocycles. The van der Waals surface area contributed by atoms with Crippen LogP contribution in [0.25, 0.3) is 0 Å². The Morgan fingerprint density at radius 3 is 2.73 bits per heavy atom. The van der Waals surface area contributed by atoms with Crippen LogP contribution in [0.1, 0.15) is 42.7 Å². The van der Waals surface area contributed by atoms with Crippen LogP contribution in [0.5, 0.6) is 0 Å². The first-order valence-corrected chi connectivity index (χ1v) is 10.3. The molecule has 26 heavy (non-hydrogen) atoms. The Morgan fingerprint density at radius 2 is 2.04 bits per heavy atom. The third-order valence-electron chi connectivity index (χ3n) is 5.54. The molecule has 0 N–H and O–H groups in total. The molecule has 2 aromatic rings. The smallest absolute Gasteiger partial charge is 0.228 e. The van der Waals surface area contributed by atoms with E-state index in [0.29, 0.717) is 13.0 Å². The molecule has 2 aliphatic heterocycles. The van der Waals surface area contributed by atoms with E-state index < -0.39 is 0 Å². The Balaban J connectivity index is 1.48. The molecule has 1 aromatic carbocycles. The lowest BCUT2D eigenvalue weighted by molar-refractivity contribution is -0.136. The van der Waals surface area contributed by atoms with Gasteiger partial charge in [0.05, 0.1) is 12.0 Å². The highest BCUT2D eigenvalue weighted by Crippen LogP contribution is 2.37. The van der Waals surface area contributed by atoms with Gasteiger partial charge in [0.2, 0.25) is 11.8 Å². The number of carbonyl (C=O) groups excluding carboxylic acids is 2. The maximum absolute atomic E-state index is 13.1. The van der Waals surface area contributed by atoms with Crippen LogP contribution in [0, 0.1) is 5.92 Å². The fourth-order valence-corrected chi connectivity index (χ4v) is 4.95. The third-order valence-corrected chi connectivity index (χ3v) is 6.51. The summed E-state index contributed by atoms with van der Waals surface area (Å²) >= 11 is 1.71. The predicted molar refractivity (Wildman–Crippen MR) is 104 cm³/mol. The Morgan fingerprint density at radius 1 is 1.23 bits per heavy atom. The summed E-state index contributed by atoms with van der Waals surface area (Å²) in [6.07, 6.45) is 3.36. The zero-order chi connectivity index (χ0) is 18.1. The first kappa shape index (κ1) is 17.3. The van der Waals surface area contributed by atoms with Gasteiger partial charge in [-0.1, -0.05) is 25.1 Å². The standard InChI is InChI=1S/C21H24N2O2S/c1-2-15-7-9-17(10-8-15)23-14-16(13-20(23)24)21(25)22-11-3-5-18(22)19-6-4-12-26-19/h4,6-10,12,16,18H,2-3,5,11,13-14H2,1H3. The summed E-state index contributed by atoms with van der Waals surface area (Å²) < 4.78 is 0. The first-order chi connectivity index (χ1) is 12.7. The molecule has 3 heterocycles. The van der Waals surface area contributed by atoms with Crippen molar-refractivity contribution in [3.05, 3.63) is 52.2 Å². The molecule has 2 amide bonds. The van der Waals surface area contributed by atoms with Gasteiger partial charge in [0, 0.05) is 30.1 Å². The number of likely N-dealkylation sites (tertiary alicyclic amines) is 1. The average molecular weight is 369 g/mol. The second-order valence-electron chi connectivity index (χ2n) is 7.13. The molecular formula is C21H24N2O2S. The molecule has 5 heteroatoms. The summed E-state index contributed by atoms with van der Waals surface area (Å²) in [6.45, 7) is 3.42. The molecule has 136 valence electrons. The van der Waals surface area contributed by atoms with Crippen molar-refractivity contribution in [3.63, 3.8) is 0 Å². The lowest BCUT2D eigenvalue weighted by Crippen LogP contribution is -2.36. The van der Waals surface area contributed by atoms with E-state index in [1.807, 2.05) is 23.1 Å². The van der Waals surface area contributed by atoms with Crippen LogP contribution in [0.15, 0.2) is 41.8 Å². The van der Waals surface area contributed by atoms with Crippen LogP contribution in [-0.2, 0) is 16.0 Å². The summed E-state index contributed by atoms with van der Waals surface area (Å²) in [4.78, 5) is 30.7. The van der Waals surface area contributed by atoms with Crippen LogP contribution in [-0.4, -0.2) is 29.8 Å². The maximum Gasteiger partial charge on any atom is 0.228 e. The van der Waals surface area contributed by atoms with Crippen molar-refractivity contribution >= 4 is 28.8 Å². The summed E-state index contributed by atoms with van der Waals surface area (Å²) in [5.74, 6) is -0.0321. The van der Waals surface area contributed by atoms with Gasteiger partial charge in [-0.15, -0.1) is 11.3 Å². The number of benzene rings is 1. The normalized spacial score (nSPS) is 23.0. The molecule has 4 rings (SSSR count). The van der Waals surface area contributed by atoms with Crippen molar-refractivity contribution in [2.24, 2.45) is 5.92 Å². The average Bonchev–Trinajstić information content (AvgIpc) is 3.41. The van der Waals surface area contributed by atoms with E-state index in [1.54, 1.807) is 16.2 Å². The zero-order valence-corrected chi connectivity index (χ0v) is 15.9. The minimum Gasteiger partial charge on any atom is -0.335 e. The molecule has 0 aliphatic carbocycles. The fourth-order valence-electron chi connectivity index (χ4n) is 4.08. The second-order valence-corrected chi connectivity index (χ2v) is 8.11. The maximum atomic E-state index is 13.1. The van der Waals surface area contributed by atoms with Crippen LogP contribution in [0.2, 0.25) is 0 Å². The number of nitrogens with zero attached hydrogens (tertiary/aromatic N) is 2. The van der Waals surface area contributed by atoms with E-state index >= 15 is 0 Å². The number of thiophene rings is 1. The number of rotatable bonds is 4. The Bertz CT molecular complexity index is 785. The van der Waals surface area contributed by atoms with Gasteiger partial charge in [0.15, 0.2) is 0 Å². The number of aryl methyl sites for hydroxylation is 1. The van der Waals surface area contributed by atoms with Crippen molar-refractivity contribution in [1.29, 1.82) is 0 Å². The first-order valence-electron chi connectivity index (χ1n) is 9.40. The van der Waals surface area contributed by atoms with E-state index in [4.69, 9.17) is 0 Å². The number of hydrogen-bond acceptors (Lipinski definition) is 3. The number of amides is 2. The summed E-state index contributed by atoms with van der Waals surface area (Å²) in [6, 6.07) is 12.5. The van der Waals surface area contributed by atoms with Crippen molar-refractivity contribution in [3.8, 4) is 0 Å². The van der Waals surface area contributed by atoms with Crippen LogP contribution in [0.3, 0.4) is 0 Å². The molecule has 2 atom stereocenters. The SMILES string of the molecule is CCc1ccc(N2CC(C(=O)N3CCCC3c3cccs3)CC2=O)cc1. The van der Waals surface area contributed by atoms with E-state index in [0.717, 1.165) is 31.5 Å². The highest BCUT2D eigenvalue weighted by atomic mass is 32.1. The van der Waals surface area contributed by atoms with Crippen LogP contribution in [0.4, 0.5) is 5.69 Å². The van der Waals surface area contributed by atoms with Gasteiger partial charge in [-0.05, 0) is 48.4 Å². The summed E-state index contributed by atoms with van der Waals surface area (Å²) in [7, 11) is 0. The van der Waals surface area contributed by atoms with Gasteiger partial charge in [0.1, 0.15) is 0 Å². The Hall–Kier alpha value is -2.14. The molecule has 2 saturated heterocycles. The minimum absolute atomic E-state index is 0.0551. The quantitative estimate of drug-likeness (QED) is 0.818. The highest BCUT2D eigenvalue weighted by molar-refractivity contribution is 7.10. The molecule has 0 spiro atoms. The van der Waals surface area contributed by atoms with Gasteiger partial charge < -0.3 is 9.80 Å². The molecule has 0 bridgehead atoms. The van der Waals surface area contributed by atoms with Crippen LogP contribution < -0.4 is 4.90 Å². The fraction of sp³-hybridized carbons (Fsp3) is 0.429. The second kappa shape index (κ2) is 7.23. The largest absolute Gasteiger partial charge is 0.335 e. The lowest BCUT2D eigenvalue weighted by atomic mass is 10.1. The molecule has 2 unspecified atom stereocenters. The number of anilines is 1. The number of carbonyl (C=O) groups is 2. The van der Waals surface area contributed by atoms with Gasteiger partial charge in [-0.3, -0.25) is 9.59 Å². The highest BCUT2D eigenvalue weighted by Gasteiger charge is 2.40. The van der Waals surface area contributed by atoms with Gasteiger partial charge in [-0.2, -0.15) is 0 Å². The van der Waals surface area contributed by atoms with Gasteiger partial charge in [-0.25, -0.2) is 0 Å². The molecule has 4 nitrogen and oxygen atoms in total. The topological polar surface area (TPSA) is 40.6 Å². The lowest BCUT2D eigenvalue weighted by Gasteiger charge is -2.26. The van der Waals surface area contributed by atoms with E-state index in [9.17, 15) is 9.59 Å². The third kappa shape index (κ3) is 3.16. The number of hydrogen-bond donors (Lipinski definition) is 0. The van der Waals surface area contributed by atoms with E-state index in [2.05, 4.69) is 30.5 Å². The van der Waals surface area contributed by atoms with Gasteiger partial charge >= 0.3 is 0 Å². The molecule has 2 fully saturated rings. The van der Waals surface area contributed by atoms with Crippen LogP contribution >= 0.6 is 11.3 Å². The zero-order valence-electron chi connectivity index (χ0n) is 15.1. The van der Waals surface area contributed by atoms with Gasteiger partial charge in [0.25, 0.3) is 0 Å². The Kier molecular flexibility index (Phi) is 4.81. The molecule has 2 aliphatic rings. The van der Waals surface area contributed by atoms with Crippen molar-refractivity contribution in [1.82, 2.24) is 4.90 Å². The minimum atomic E-state index is -0.228. The summed E-state index contributed by atoms with van der Waals surface area (Å²) in [5, 5.41) is 2.07. The monoisotopic (exact) mass is 368 g/mol. The molecular weight excluding hydrogens is 344 g/mol. The van der Waals surface area contributed by atoms with E-state index in [1.165, 1.54) is 10.4 Å². The molecule has 1 aromatic heterocycles. The van der Waals surface area contributed by atoms with Crippen molar-refractivity contribution in [2.45, 2.75) is 38.6 Å². The molecule has 0 radical (unpaired) electrons. The summed E-state index contributed by atoms with van der Waals surface area (Å²) in [5.41, 5.74) is 2.16. The van der Waals surface area contributed by atoms with E-state index in [-0.39, 0.29) is 23.8 Å². The predicted octanol–water partition coefficient (Wildman–Crippen LogP) is 4.03. The van der Waals surface area contributed by atoms with Crippen molar-refractivity contribution < 1.29 is 9.59 Å². The Labute approximate surface area is 158 Å². The van der Waals surface area contributed by atoms with Crippen molar-refractivity contribution in [2.75, 3.05) is 18.0 Å².